The van der Waals surface area contributed by atoms with Gasteiger partial charge in [0.25, 0.3) is 5.91 Å². The van der Waals surface area contributed by atoms with Crippen molar-refractivity contribution in [2.75, 3.05) is 20.1 Å². The molecule has 3 rings (SSSR count). The van der Waals surface area contributed by atoms with Gasteiger partial charge in [0.05, 0.1) is 0 Å². The molecule has 0 atom stereocenters. The number of amides is 4. The van der Waals surface area contributed by atoms with Gasteiger partial charge < -0.3 is 10.2 Å². The number of hydrogen-bond donors (Lipinski definition) is 1. The van der Waals surface area contributed by atoms with E-state index in [0.717, 1.165) is 31.4 Å². The predicted octanol–water partition coefficient (Wildman–Crippen LogP) is 1.73. The third-order valence-electron chi connectivity index (χ3n) is 5.33. The summed E-state index contributed by atoms with van der Waals surface area (Å²) in [4.78, 5) is 44.1. The molecule has 140 valence electrons. The Morgan fingerprint density at radius 1 is 1.31 bits per heavy atom. The van der Waals surface area contributed by atoms with E-state index >= 15 is 0 Å². The second kappa shape index (κ2) is 7.85. The van der Waals surface area contributed by atoms with Crippen LogP contribution in [0.2, 0.25) is 0 Å². The van der Waals surface area contributed by atoms with Gasteiger partial charge in [-0.3, -0.25) is 19.5 Å². The summed E-state index contributed by atoms with van der Waals surface area (Å²) in [5.74, 6) is -0.0977. The number of aromatic nitrogens is 1. The van der Waals surface area contributed by atoms with Crippen molar-refractivity contribution < 1.29 is 14.4 Å². The van der Waals surface area contributed by atoms with E-state index in [4.69, 9.17) is 0 Å². The number of likely N-dealkylation sites (N-methyl/N-ethyl adjacent to an activating group) is 1. The van der Waals surface area contributed by atoms with Gasteiger partial charge in [0.15, 0.2) is 0 Å². The van der Waals surface area contributed by atoms with Gasteiger partial charge in [0.2, 0.25) is 5.91 Å². The summed E-state index contributed by atoms with van der Waals surface area (Å²) >= 11 is 0. The topological polar surface area (TPSA) is 82.6 Å². The molecule has 1 aromatic rings. The summed E-state index contributed by atoms with van der Waals surface area (Å²) in [6.07, 6.45) is 6.65. The minimum absolute atomic E-state index is 0.0172. The molecule has 1 aliphatic heterocycles. The van der Waals surface area contributed by atoms with Crippen LogP contribution < -0.4 is 5.32 Å². The van der Waals surface area contributed by atoms with Gasteiger partial charge in [-0.15, -0.1) is 0 Å². The van der Waals surface area contributed by atoms with Gasteiger partial charge in [-0.05, 0) is 31.4 Å². The zero-order chi connectivity index (χ0) is 18.6. The number of urea groups is 1. The fraction of sp³-hybridized carbons (Fsp3) is 0.579. The molecule has 2 fully saturated rings. The van der Waals surface area contributed by atoms with E-state index in [2.05, 4.69) is 10.3 Å². The van der Waals surface area contributed by atoms with Crippen LogP contribution in [0.1, 0.15) is 44.2 Å². The quantitative estimate of drug-likeness (QED) is 0.753. The van der Waals surface area contributed by atoms with Crippen LogP contribution in [0, 0.1) is 0 Å². The molecule has 1 N–H and O–H groups in total. The summed E-state index contributed by atoms with van der Waals surface area (Å²) in [5.41, 5.74) is 0.286. The number of nitrogens with zero attached hydrogens (tertiary/aromatic N) is 3. The van der Waals surface area contributed by atoms with Crippen molar-refractivity contribution in [2.45, 2.75) is 50.5 Å². The average Bonchev–Trinajstić information content (AvgIpc) is 3.20. The van der Waals surface area contributed by atoms with E-state index < -0.39 is 5.54 Å². The molecule has 4 amide bonds. The molecular formula is C19H26N4O3. The summed E-state index contributed by atoms with van der Waals surface area (Å²) < 4.78 is 0. The molecule has 1 aliphatic carbocycles. The van der Waals surface area contributed by atoms with Crippen LogP contribution in [0.4, 0.5) is 4.79 Å². The number of rotatable bonds is 7. The van der Waals surface area contributed by atoms with E-state index in [0.29, 0.717) is 32.4 Å². The van der Waals surface area contributed by atoms with Crippen molar-refractivity contribution in [3.8, 4) is 0 Å². The lowest BCUT2D eigenvalue weighted by molar-refractivity contribution is -0.133. The lowest BCUT2D eigenvalue weighted by Crippen LogP contribution is -2.44. The van der Waals surface area contributed by atoms with E-state index in [1.807, 2.05) is 18.2 Å². The second-order valence-corrected chi connectivity index (χ2v) is 7.17. The Labute approximate surface area is 153 Å². The number of hydrogen-bond acceptors (Lipinski definition) is 4. The Bertz CT molecular complexity index is 671. The van der Waals surface area contributed by atoms with Gasteiger partial charge in [0, 0.05) is 44.9 Å². The minimum atomic E-state index is -0.666. The third kappa shape index (κ3) is 3.86. The molecule has 0 aromatic carbocycles. The lowest BCUT2D eigenvalue weighted by Gasteiger charge is -2.20. The summed E-state index contributed by atoms with van der Waals surface area (Å²) in [7, 11) is 1.77. The molecule has 7 nitrogen and oxygen atoms in total. The van der Waals surface area contributed by atoms with Crippen LogP contribution in [0.25, 0.3) is 0 Å². The smallest absolute Gasteiger partial charge is 0.325 e. The summed E-state index contributed by atoms with van der Waals surface area (Å²) in [6.45, 7) is 0.897. The molecule has 1 aromatic heterocycles. The number of nitrogens with one attached hydrogen (secondary N) is 1. The summed E-state index contributed by atoms with van der Waals surface area (Å²) in [5, 5.41) is 2.86. The number of carbonyl (C=O) groups is 3. The van der Waals surface area contributed by atoms with Crippen LogP contribution in [-0.2, 0) is 16.0 Å². The van der Waals surface area contributed by atoms with Gasteiger partial charge in [-0.25, -0.2) is 4.79 Å². The van der Waals surface area contributed by atoms with Gasteiger partial charge >= 0.3 is 6.03 Å². The maximum absolute atomic E-state index is 12.5. The molecule has 1 saturated heterocycles. The highest BCUT2D eigenvalue weighted by molar-refractivity contribution is 6.07. The van der Waals surface area contributed by atoms with E-state index in [-0.39, 0.29) is 17.8 Å². The number of imide groups is 1. The molecule has 2 heterocycles. The fourth-order valence-corrected chi connectivity index (χ4v) is 3.73. The first kappa shape index (κ1) is 18.4. The van der Waals surface area contributed by atoms with Crippen LogP contribution in [0.3, 0.4) is 0 Å². The highest BCUT2D eigenvalue weighted by atomic mass is 16.2. The molecule has 1 spiro atoms. The maximum Gasteiger partial charge on any atom is 0.325 e. The molecule has 7 heteroatoms. The van der Waals surface area contributed by atoms with Crippen LogP contribution >= 0.6 is 0 Å². The normalized spacial score (nSPS) is 18.4. The van der Waals surface area contributed by atoms with Crippen LogP contribution in [-0.4, -0.2) is 58.3 Å². The van der Waals surface area contributed by atoms with Crippen LogP contribution in [0.15, 0.2) is 24.4 Å². The first-order valence-electron chi connectivity index (χ1n) is 9.30. The first-order chi connectivity index (χ1) is 12.5. The zero-order valence-electron chi connectivity index (χ0n) is 15.2. The molecule has 26 heavy (non-hydrogen) atoms. The van der Waals surface area contributed by atoms with Crippen LogP contribution in [0.5, 0.6) is 0 Å². The Morgan fingerprint density at radius 2 is 2.08 bits per heavy atom. The third-order valence-corrected chi connectivity index (χ3v) is 5.33. The monoisotopic (exact) mass is 358 g/mol. The minimum Gasteiger partial charge on any atom is -0.345 e. The first-order valence-corrected chi connectivity index (χ1v) is 9.30. The van der Waals surface area contributed by atoms with E-state index in [9.17, 15) is 14.4 Å². The highest BCUT2D eigenvalue weighted by Crippen LogP contribution is 2.35. The van der Waals surface area contributed by atoms with Crippen molar-refractivity contribution in [2.24, 2.45) is 0 Å². The Hall–Kier alpha value is -2.44. The van der Waals surface area contributed by atoms with Crippen molar-refractivity contribution in [3.05, 3.63) is 30.1 Å². The van der Waals surface area contributed by atoms with E-state index in [1.54, 1.807) is 18.1 Å². The van der Waals surface area contributed by atoms with Crippen molar-refractivity contribution >= 4 is 17.8 Å². The summed E-state index contributed by atoms with van der Waals surface area (Å²) in [6, 6.07) is 5.42. The number of pyridine rings is 1. The molecular weight excluding hydrogens is 332 g/mol. The van der Waals surface area contributed by atoms with Crippen molar-refractivity contribution in [1.29, 1.82) is 0 Å². The molecule has 0 radical (unpaired) electrons. The Kier molecular flexibility index (Phi) is 5.54. The zero-order valence-corrected chi connectivity index (χ0v) is 15.2. The molecule has 0 unspecified atom stereocenters. The fourth-order valence-electron chi connectivity index (χ4n) is 3.73. The van der Waals surface area contributed by atoms with E-state index in [1.165, 1.54) is 4.90 Å². The average molecular weight is 358 g/mol. The Balaban J connectivity index is 1.42. The predicted molar refractivity (Wildman–Crippen MR) is 96.3 cm³/mol. The maximum atomic E-state index is 12.5. The molecule has 2 aliphatic rings. The van der Waals surface area contributed by atoms with Gasteiger partial charge in [0.1, 0.15) is 5.54 Å². The van der Waals surface area contributed by atoms with Gasteiger partial charge in [-0.1, -0.05) is 18.9 Å². The molecule has 0 bridgehead atoms. The largest absolute Gasteiger partial charge is 0.345 e. The Morgan fingerprint density at radius 3 is 2.77 bits per heavy atom. The standard InChI is InChI=1S/C19H26N4O3/c1-22(14-9-15-7-2-5-12-20-15)16(24)8-6-13-23-17(25)19(21-18(23)26)10-3-4-11-19/h2,5,7,12H,3-4,6,8-11,13-14H2,1H3,(H,21,26). The molecule has 1 saturated carbocycles. The second-order valence-electron chi connectivity index (χ2n) is 7.17. The SMILES string of the molecule is CN(CCc1ccccn1)C(=O)CCCN1C(=O)NC2(CCCC2)C1=O. The van der Waals surface area contributed by atoms with Crippen molar-refractivity contribution in [1.82, 2.24) is 20.1 Å². The van der Waals surface area contributed by atoms with Gasteiger partial charge in [-0.2, -0.15) is 0 Å². The number of carbonyl (C=O) groups excluding carboxylic acids is 3. The lowest BCUT2D eigenvalue weighted by atomic mass is 9.98. The highest BCUT2D eigenvalue weighted by Gasteiger charge is 2.52. The van der Waals surface area contributed by atoms with Crippen molar-refractivity contribution in [3.63, 3.8) is 0 Å².